The van der Waals surface area contributed by atoms with E-state index in [4.69, 9.17) is 4.74 Å². The zero-order chi connectivity index (χ0) is 21.3. The molecule has 0 saturated heterocycles. The van der Waals surface area contributed by atoms with E-state index < -0.39 is 18.4 Å². The number of unbranched alkanes of at least 4 members (excludes halogenated alkanes) is 9. The van der Waals surface area contributed by atoms with Crippen LogP contribution in [-0.2, 0) is 0 Å². The third-order valence-electron chi connectivity index (χ3n) is 5.44. The summed E-state index contributed by atoms with van der Waals surface area (Å²) in [6, 6.07) is 4.70. The van der Waals surface area contributed by atoms with Gasteiger partial charge in [-0.15, -0.1) is 0 Å². The van der Waals surface area contributed by atoms with Crippen molar-refractivity contribution in [3.05, 3.63) is 22.6 Å². The van der Waals surface area contributed by atoms with Gasteiger partial charge in [0.25, 0.3) is 0 Å². The van der Waals surface area contributed by atoms with Crippen LogP contribution in [0.15, 0.2) is 12.1 Å². The van der Waals surface area contributed by atoms with Gasteiger partial charge in [0.05, 0.1) is 0 Å². The fourth-order valence-electron chi connectivity index (χ4n) is 3.61. The fourth-order valence-corrected chi connectivity index (χ4v) is 11.3. The molecular weight excluding hydrogens is 499 g/mol. The summed E-state index contributed by atoms with van der Waals surface area (Å²) in [7, 11) is 0. The van der Waals surface area contributed by atoms with Crippen LogP contribution in [0.2, 0.25) is 14.8 Å². The Balaban J connectivity index is 1.77. The van der Waals surface area contributed by atoms with Gasteiger partial charge in [-0.2, -0.15) is 0 Å². The molecule has 29 heavy (non-hydrogen) atoms. The Morgan fingerprint density at radius 3 is 1.90 bits per heavy atom. The molecule has 0 amide bonds. The van der Waals surface area contributed by atoms with Crippen LogP contribution in [0.25, 0.3) is 9.75 Å². The van der Waals surface area contributed by atoms with Gasteiger partial charge in [0.15, 0.2) is 0 Å². The van der Waals surface area contributed by atoms with Crippen molar-refractivity contribution < 1.29 is 4.74 Å². The Kier molecular flexibility index (Phi) is 11.1. The summed E-state index contributed by atoms with van der Waals surface area (Å²) in [6.07, 6.45) is 13.7. The van der Waals surface area contributed by atoms with Gasteiger partial charge in [0.2, 0.25) is 0 Å². The third kappa shape index (κ3) is 8.57. The van der Waals surface area contributed by atoms with E-state index in [9.17, 15) is 0 Å². The molecule has 0 saturated carbocycles. The molecule has 2 aromatic heterocycles. The summed E-state index contributed by atoms with van der Waals surface area (Å²) >= 11 is 1.91. The molecule has 0 bridgehead atoms. The van der Waals surface area contributed by atoms with Crippen molar-refractivity contribution in [2.24, 2.45) is 0 Å². The molecule has 0 radical (unpaired) electrons. The van der Waals surface area contributed by atoms with Gasteiger partial charge in [0.1, 0.15) is 0 Å². The van der Waals surface area contributed by atoms with Crippen LogP contribution in [0.3, 0.4) is 0 Å². The summed E-state index contributed by atoms with van der Waals surface area (Å²) in [4.78, 5) is 11.7. The van der Waals surface area contributed by atoms with Crippen molar-refractivity contribution in [3.8, 4) is 15.5 Å². The van der Waals surface area contributed by atoms with Crippen LogP contribution in [-0.4, -0.2) is 25.0 Å². The average molecular weight is 541 g/mol. The summed E-state index contributed by atoms with van der Waals surface area (Å²) < 4.78 is 7.93. The normalized spacial score (nSPS) is 11.9. The minimum absolute atomic E-state index is 0.857. The van der Waals surface area contributed by atoms with Crippen LogP contribution >= 0.6 is 22.7 Å². The SMILES string of the molecule is CCCCCCCCCCCCOc1cc(C)sc1-c1s[c]([Sn]([CH3])([CH3])[CH3])cc1C. The molecular formula is C25H42OS2Sn. The second-order valence-electron chi connectivity index (χ2n) is 9.45. The van der Waals surface area contributed by atoms with Gasteiger partial charge in [-0.05, 0) is 0 Å². The molecule has 4 heteroatoms. The molecule has 2 aromatic rings. The van der Waals surface area contributed by atoms with Crippen molar-refractivity contribution in [2.75, 3.05) is 6.61 Å². The maximum atomic E-state index is 6.27. The van der Waals surface area contributed by atoms with Crippen LogP contribution < -0.4 is 7.63 Å². The fraction of sp³-hybridized carbons (Fsp3) is 0.680. The summed E-state index contributed by atoms with van der Waals surface area (Å²) in [5.41, 5.74) is 1.43. The molecule has 0 aliphatic carbocycles. The molecule has 0 aromatic carbocycles. The van der Waals surface area contributed by atoms with Gasteiger partial charge >= 0.3 is 154 Å². The van der Waals surface area contributed by atoms with Crippen molar-refractivity contribution in [1.82, 2.24) is 0 Å². The monoisotopic (exact) mass is 542 g/mol. The van der Waals surface area contributed by atoms with Gasteiger partial charge < -0.3 is 0 Å². The van der Waals surface area contributed by atoms with Gasteiger partial charge in [-0.25, -0.2) is 0 Å². The van der Waals surface area contributed by atoms with E-state index in [1.54, 1.807) is 2.89 Å². The number of hydrogen-bond donors (Lipinski definition) is 0. The zero-order valence-corrected chi connectivity index (χ0v) is 24.1. The average Bonchev–Trinajstić information content (AvgIpc) is 3.21. The predicted octanol–water partition coefficient (Wildman–Crippen LogP) is 8.94. The molecule has 1 nitrogen and oxygen atoms in total. The molecule has 0 aliphatic heterocycles. The first-order chi connectivity index (χ1) is 13.8. The first-order valence-electron chi connectivity index (χ1n) is 11.7. The number of hydrogen-bond acceptors (Lipinski definition) is 3. The second-order valence-corrected chi connectivity index (χ2v) is 27.2. The molecule has 0 N–H and O–H groups in total. The Morgan fingerprint density at radius 2 is 1.34 bits per heavy atom. The first-order valence-corrected chi connectivity index (χ1v) is 23.3. The molecule has 2 rings (SSSR count). The Morgan fingerprint density at radius 1 is 0.759 bits per heavy atom. The number of aryl methyl sites for hydroxylation is 2. The van der Waals surface area contributed by atoms with E-state index in [-0.39, 0.29) is 0 Å². The molecule has 0 aliphatic rings. The second kappa shape index (κ2) is 12.8. The third-order valence-corrected chi connectivity index (χ3v) is 17.3. The van der Waals surface area contributed by atoms with E-state index in [0.717, 1.165) is 12.4 Å². The van der Waals surface area contributed by atoms with Gasteiger partial charge in [-0.1, -0.05) is 39.0 Å². The standard InChI is InChI=1S/C22H33OS2.3CH3.Sn/c1-4-5-6-7-8-9-10-11-12-13-15-23-20-17-19(3)25-22(20)21-18(2)14-16-24-21;;;;/h14,17H,4-13,15H2,1-3H3;3*1H3;. The van der Waals surface area contributed by atoms with Crippen LogP contribution in [0.4, 0.5) is 0 Å². The van der Waals surface area contributed by atoms with Crippen LogP contribution in [0.5, 0.6) is 5.75 Å². The Bertz CT molecular complexity index is 724. The quantitative estimate of drug-likeness (QED) is 0.171. The molecule has 164 valence electrons. The van der Waals surface area contributed by atoms with Gasteiger partial charge in [0, 0.05) is 0 Å². The van der Waals surface area contributed by atoms with Crippen LogP contribution in [0.1, 0.15) is 81.6 Å². The number of ether oxygens (including phenoxy) is 1. The summed E-state index contributed by atoms with van der Waals surface area (Å²) in [5, 5.41) is 0. The first kappa shape index (κ1) is 25.3. The predicted molar refractivity (Wildman–Crippen MR) is 137 cm³/mol. The van der Waals surface area contributed by atoms with E-state index in [2.05, 4.69) is 47.7 Å². The van der Waals surface area contributed by atoms with Crippen molar-refractivity contribution in [2.45, 2.75) is 99.8 Å². The van der Waals surface area contributed by atoms with E-state index in [1.807, 2.05) is 22.7 Å². The van der Waals surface area contributed by atoms with Crippen molar-refractivity contribution in [3.63, 3.8) is 0 Å². The summed E-state index contributed by atoms with van der Waals surface area (Å²) in [5.74, 6) is 1.11. The van der Waals surface area contributed by atoms with E-state index >= 15 is 0 Å². The Hall–Kier alpha value is -0.00130. The number of rotatable bonds is 14. The van der Waals surface area contributed by atoms with E-state index in [1.165, 1.54) is 84.4 Å². The van der Waals surface area contributed by atoms with Gasteiger partial charge in [-0.3, -0.25) is 0 Å². The maximum absolute atomic E-state index is 6.27. The molecule has 0 atom stereocenters. The van der Waals surface area contributed by atoms with Crippen molar-refractivity contribution >= 4 is 43.9 Å². The number of thiophene rings is 2. The molecule has 0 spiro atoms. The summed E-state index contributed by atoms with van der Waals surface area (Å²) in [6.45, 7) is 7.62. The van der Waals surface area contributed by atoms with Crippen molar-refractivity contribution in [1.29, 1.82) is 0 Å². The molecule has 0 unspecified atom stereocenters. The minimum atomic E-state index is -2.01. The topological polar surface area (TPSA) is 9.23 Å². The van der Waals surface area contributed by atoms with E-state index in [0.29, 0.717) is 0 Å². The Labute approximate surface area is 192 Å². The molecule has 0 fully saturated rings. The van der Waals surface area contributed by atoms with Crippen LogP contribution in [0, 0.1) is 13.8 Å². The zero-order valence-electron chi connectivity index (χ0n) is 19.7. The molecule has 2 heterocycles.